The highest BCUT2D eigenvalue weighted by molar-refractivity contribution is 5.81. The number of benzene rings is 2. The zero-order chi connectivity index (χ0) is 19.2. The van der Waals surface area contributed by atoms with E-state index in [1.54, 1.807) is 12.1 Å². The number of carbonyl (C=O) groups excluding carboxylic acids is 1. The third-order valence-electron chi connectivity index (χ3n) is 5.25. The second kappa shape index (κ2) is 9.03. The Morgan fingerprint density at radius 2 is 1.74 bits per heavy atom. The summed E-state index contributed by atoms with van der Waals surface area (Å²) in [4.78, 5) is 12.8. The molecule has 0 spiro atoms. The smallest absolute Gasteiger partial charge is 0.261 e. The number of aryl methyl sites for hydroxylation is 2. The standard InChI is InChI=1S/C23H28FNO2/c1-3-21(18-10-9-16-7-5-6-8-17(16)15-18)25-23(26)22(4-2)27-20-13-11-19(24)12-14-20/h9-15,21-22H,3-8H2,1-2H3,(H,25,26)/t21-,22+/m0/s1. The van der Waals surface area contributed by atoms with E-state index in [0.29, 0.717) is 12.2 Å². The summed E-state index contributed by atoms with van der Waals surface area (Å²) in [7, 11) is 0. The molecule has 0 saturated carbocycles. The molecule has 1 aliphatic rings. The van der Waals surface area contributed by atoms with E-state index < -0.39 is 6.10 Å². The van der Waals surface area contributed by atoms with Gasteiger partial charge >= 0.3 is 0 Å². The first-order valence-electron chi connectivity index (χ1n) is 9.95. The number of fused-ring (bicyclic) bond motifs is 1. The molecule has 0 aliphatic heterocycles. The van der Waals surface area contributed by atoms with Gasteiger partial charge in [0.15, 0.2) is 6.10 Å². The van der Waals surface area contributed by atoms with E-state index in [-0.39, 0.29) is 17.8 Å². The maximum absolute atomic E-state index is 13.1. The molecular weight excluding hydrogens is 341 g/mol. The van der Waals surface area contributed by atoms with Gasteiger partial charge in [-0.3, -0.25) is 4.79 Å². The van der Waals surface area contributed by atoms with Crippen LogP contribution < -0.4 is 10.1 Å². The number of nitrogens with one attached hydrogen (secondary N) is 1. The van der Waals surface area contributed by atoms with Gasteiger partial charge in [-0.2, -0.15) is 0 Å². The molecule has 1 N–H and O–H groups in total. The Morgan fingerprint density at radius 1 is 1.04 bits per heavy atom. The monoisotopic (exact) mass is 369 g/mol. The summed E-state index contributed by atoms with van der Waals surface area (Å²) in [6.07, 6.45) is 5.55. The van der Waals surface area contributed by atoms with Gasteiger partial charge in [-0.05, 0) is 79.5 Å². The normalized spacial score (nSPS) is 15.5. The lowest BCUT2D eigenvalue weighted by Crippen LogP contribution is -2.40. The van der Waals surface area contributed by atoms with Crippen molar-refractivity contribution in [2.45, 2.75) is 64.5 Å². The summed E-state index contributed by atoms with van der Waals surface area (Å²) >= 11 is 0. The number of hydrogen-bond acceptors (Lipinski definition) is 2. The number of hydrogen-bond donors (Lipinski definition) is 1. The summed E-state index contributed by atoms with van der Waals surface area (Å²) in [6.45, 7) is 3.99. The van der Waals surface area contributed by atoms with Crippen molar-refractivity contribution in [2.24, 2.45) is 0 Å². The molecule has 3 nitrogen and oxygen atoms in total. The minimum absolute atomic E-state index is 0.0319. The molecule has 2 aromatic rings. The van der Waals surface area contributed by atoms with Crippen LogP contribution in [0.4, 0.5) is 4.39 Å². The van der Waals surface area contributed by atoms with E-state index in [9.17, 15) is 9.18 Å². The molecule has 0 heterocycles. The van der Waals surface area contributed by atoms with E-state index in [4.69, 9.17) is 4.74 Å². The van der Waals surface area contributed by atoms with Crippen LogP contribution in [0.3, 0.4) is 0 Å². The quantitative estimate of drug-likeness (QED) is 0.735. The van der Waals surface area contributed by atoms with Crippen molar-refractivity contribution in [3.05, 3.63) is 65.0 Å². The van der Waals surface area contributed by atoms with Gasteiger partial charge in [0.2, 0.25) is 0 Å². The number of carbonyl (C=O) groups is 1. The molecule has 0 aromatic heterocycles. The van der Waals surface area contributed by atoms with Crippen LogP contribution in [0.25, 0.3) is 0 Å². The Balaban J connectivity index is 1.68. The molecule has 144 valence electrons. The van der Waals surface area contributed by atoms with Crippen molar-refractivity contribution in [1.29, 1.82) is 0 Å². The highest BCUT2D eigenvalue weighted by atomic mass is 19.1. The molecule has 0 radical (unpaired) electrons. The van der Waals surface area contributed by atoms with Crippen LogP contribution in [0, 0.1) is 5.82 Å². The van der Waals surface area contributed by atoms with E-state index >= 15 is 0 Å². The van der Waals surface area contributed by atoms with Crippen LogP contribution in [-0.4, -0.2) is 12.0 Å². The average Bonchev–Trinajstić information content (AvgIpc) is 2.71. The minimum atomic E-state index is -0.595. The van der Waals surface area contributed by atoms with E-state index in [2.05, 4.69) is 30.4 Å². The lowest BCUT2D eigenvalue weighted by molar-refractivity contribution is -0.128. The first-order valence-corrected chi connectivity index (χ1v) is 9.95. The van der Waals surface area contributed by atoms with Gasteiger partial charge in [-0.1, -0.05) is 32.0 Å². The Kier molecular flexibility index (Phi) is 6.49. The van der Waals surface area contributed by atoms with Crippen LogP contribution in [0.2, 0.25) is 0 Å². The SMILES string of the molecule is CC[C@H](NC(=O)[C@@H](CC)Oc1ccc(F)cc1)c1ccc2c(c1)CCCC2. The minimum Gasteiger partial charge on any atom is -0.481 e. The van der Waals surface area contributed by atoms with Gasteiger partial charge in [0, 0.05) is 0 Å². The van der Waals surface area contributed by atoms with Gasteiger partial charge in [-0.25, -0.2) is 4.39 Å². The predicted octanol–water partition coefficient (Wildman–Crippen LogP) is 5.13. The summed E-state index contributed by atoms with van der Waals surface area (Å²) < 4.78 is 18.8. The highest BCUT2D eigenvalue weighted by Crippen LogP contribution is 2.26. The molecular formula is C23H28FNO2. The van der Waals surface area contributed by atoms with Crippen molar-refractivity contribution in [2.75, 3.05) is 0 Å². The second-order valence-corrected chi connectivity index (χ2v) is 7.17. The Morgan fingerprint density at radius 3 is 2.41 bits per heavy atom. The first-order chi connectivity index (χ1) is 13.1. The zero-order valence-electron chi connectivity index (χ0n) is 16.1. The van der Waals surface area contributed by atoms with Crippen molar-refractivity contribution in [1.82, 2.24) is 5.32 Å². The van der Waals surface area contributed by atoms with Crippen molar-refractivity contribution in [3.8, 4) is 5.75 Å². The average molecular weight is 369 g/mol. The Bertz CT molecular complexity index is 772. The van der Waals surface area contributed by atoms with Gasteiger partial charge in [0.25, 0.3) is 5.91 Å². The number of ether oxygens (including phenoxy) is 1. The van der Waals surface area contributed by atoms with Crippen molar-refractivity contribution in [3.63, 3.8) is 0 Å². The molecule has 0 fully saturated rings. The molecule has 3 rings (SSSR count). The lowest BCUT2D eigenvalue weighted by Gasteiger charge is -2.24. The Hall–Kier alpha value is -2.36. The summed E-state index contributed by atoms with van der Waals surface area (Å²) in [5.74, 6) is 0.0462. The third kappa shape index (κ3) is 4.88. The number of halogens is 1. The number of amides is 1. The van der Waals surface area contributed by atoms with Crippen LogP contribution in [0.15, 0.2) is 42.5 Å². The van der Waals surface area contributed by atoms with Gasteiger partial charge < -0.3 is 10.1 Å². The second-order valence-electron chi connectivity index (χ2n) is 7.17. The Labute approximate surface area is 160 Å². The lowest BCUT2D eigenvalue weighted by atomic mass is 9.88. The fourth-order valence-electron chi connectivity index (χ4n) is 3.66. The summed E-state index contributed by atoms with van der Waals surface area (Å²) in [5, 5.41) is 3.13. The topological polar surface area (TPSA) is 38.3 Å². The molecule has 1 aliphatic carbocycles. The maximum atomic E-state index is 13.1. The van der Waals surface area contributed by atoms with Crippen LogP contribution >= 0.6 is 0 Å². The zero-order valence-corrected chi connectivity index (χ0v) is 16.1. The van der Waals surface area contributed by atoms with Crippen molar-refractivity contribution < 1.29 is 13.9 Å². The van der Waals surface area contributed by atoms with Crippen LogP contribution in [-0.2, 0) is 17.6 Å². The molecule has 0 unspecified atom stereocenters. The van der Waals surface area contributed by atoms with E-state index in [1.165, 1.54) is 36.1 Å². The summed E-state index contributed by atoms with van der Waals surface area (Å²) in [5.41, 5.74) is 4.02. The molecule has 0 bridgehead atoms. The van der Waals surface area contributed by atoms with Crippen LogP contribution in [0.5, 0.6) is 5.75 Å². The molecule has 2 aromatic carbocycles. The fraction of sp³-hybridized carbons (Fsp3) is 0.435. The molecule has 0 saturated heterocycles. The fourth-order valence-corrected chi connectivity index (χ4v) is 3.66. The molecule has 1 amide bonds. The van der Waals surface area contributed by atoms with Crippen LogP contribution in [0.1, 0.15) is 62.3 Å². The first kappa shape index (κ1) is 19.4. The van der Waals surface area contributed by atoms with Gasteiger partial charge in [0.1, 0.15) is 11.6 Å². The van der Waals surface area contributed by atoms with E-state index in [1.807, 2.05) is 6.92 Å². The third-order valence-corrected chi connectivity index (χ3v) is 5.25. The van der Waals surface area contributed by atoms with Crippen molar-refractivity contribution >= 4 is 5.91 Å². The van der Waals surface area contributed by atoms with E-state index in [0.717, 1.165) is 24.8 Å². The largest absolute Gasteiger partial charge is 0.481 e. The predicted molar refractivity (Wildman–Crippen MR) is 105 cm³/mol. The van der Waals surface area contributed by atoms with Gasteiger partial charge in [0.05, 0.1) is 6.04 Å². The molecule has 27 heavy (non-hydrogen) atoms. The molecule has 2 atom stereocenters. The molecule has 4 heteroatoms. The van der Waals surface area contributed by atoms with Gasteiger partial charge in [-0.15, -0.1) is 0 Å². The maximum Gasteiger partial charge on any atom is 0.261 e. The summed E-state index contributed by atoms with van der Waals surface area (Å²) in [6, 6.07) is 12.3. The number of rotatable bonds is 7. The highest BCUT2D eigenvalue weighted by Gasteiger charge is 2.22.